The van der Waals surface area contributed by atoms with Crippen molar-refractivity contribution in [3.05, 3.63) is 42.5 Å². The molecule has 0 fully saturated rings. The Morgan fingerprint density at radius 2 is 1.53 bits per heavy atom. The van der Waals surface area contributed by atoms with Crippen LogP contribution in [0.25, 0.3) is 10.8 Å². The molecule has 2 aromatic carbocycles. The van der Waals surface area contributed by atoms with Gasteiger partial charge in [-0.15, -0.1) is 0 Å². The van der Waals surface area contributed by atoms with Gasteiger partial charge in [0.05, 0.1) is 6.61 Å². The molecule has 0 aromatic heterocycles. The molecule has 2 rings (SSSR count). The minimum Gasteiger partial charge on any atom is -0.493 e. The number of benzene rings is 2. The number of fused-ring (bicyclic) bond motifs is 1. The van der Waals surface area contributed by atoms with Gasteiger partial charge in [-0.1, -0.05) is 55.7 Å². The van der Waals surface area contributed by atoms with Crippen LogP contribution >= 0.6 is 0 Å². The molecule has 19 heavy (non-hydrogen) atoms. The number of rotatable bonds is 8. The molecule has 0 unspecified atom stereocenters. The van der Waals surface area contributed by atoms with Crippen molar-refractivity contribution in [3.63, 3.8) is 0 Å². The van der Waals surface area contributed by atoms with E-state index in [1.165, 1.54) is 23.6 Å². The highest BCUT2D eigenvalue weighted by Gasteiger charge is 2.00. The normalized spacial score (nSPS) is 10.8. The highest BCUT2D eigenvalue weighted by atomic mass is 16.5. The molecule has 0 aliphatic heterocycles. The topological polar surface area (TPSA) is 29.5 Å². The van der Waals surface area contributed by atoms with Crippen molar-refractivity contribution >= 4 is 10.8 Å². The van der Waals surface area contributed by atoms with E-state index in [4.69, 9.17) is 9.84 Å². The van der Waals surface area contributed by atoms with Crippen LogP contribution in [-0.2, 0) is 0 Å². The predicted octanol–water partition coefficient (Wildman–Crippen LogP) is 4.16. The minimum absolute atomic E-state index is 0.312. The lowest BCUT2D eigenvalue weighted by atomic mass is 10.1. The zero-order chi connectivity index (χ0) is 13.3. The van der Waals surface area contributed by atoms with Gasteiger partial charge in [0.2, 0.25) is 0 Å². The summed E-state index contributed by atoms with van der Waals surface area (Å²) in [5, 5.41) is 11.1. The van der Waals surface area contributed by atoms with Crippen molar-refractivity contribution in [2.75, 3.05) is 13.2 Å². The van der Waals surface area contributed by atoms with Crippen LogP contribution in [0.5, 0.6) is 5.75 Å². The van der Waals surface area contributed by atoms with E-state index in [1.807, 2.05) is 24.3 Å². The summed E-state index contributed by atoms with van der Waals surface area (Å²) in [6.07, 6.45) is 5.47. The fourth-order valence-electron chi connectivity index (χ4n) is 2.25. The molecule has 0 bridgehead atoms. The molecule has 0 amide bonds. The molecule has 2 aromatic rings. The number of aliphatic hydroxyl groups excluding tert-OH is 1. The van der Waals surface area contributed by atoms with Gasteiger partial charge >= 0.3 is 0 Å². The Kier molecular flexibility index (Phi) is 5.70. The van der Waals surface area contributed by atoms with Crippen LogP contribution in [0.15, 0.2) is 42.5 Å². The van der Waals surface area contributed by atoms with Crippen LogP contribution in [0.4, 0.5) is 0 Å². The largest absolute Gasteiger partial charge is 0.493 e. The first-order valence-corrected chi connectivity index (χ1v) is 7.13. The second-order valence-corrected chi connectivity index (χ2v) is 4.82. The molecular weight excluding hydrogens is 236 g/mol. The third-order valence-corrected chi connectivity index (χ3v) is 3.31. The molecule has 0 spiro atoms. The summed E-state index contributed by atoms with van der Waals surface area (Å²) in [7, 11) is 0. The number of hydrogen-bond donors (Lipinski definition) is 1. The van der Waals surface area contributed by atoms with E-state index >= 15 is 0 Å². The molecular formula is C17H22O2. The summed E-state index contributed by atoms with van der Waals surface area (Å²) in [5.74, 6) is 0.980. The Labute approximate surface area is 115 Å². The first kappa shape index (κ1) is 13.9. The monoisotopic (exact) mass is 258 g/mol. The number of unbranched alkanes of at least 4 members (excludes halogenated alkanes) is 4. The third kappa shape index (κ3) is 4.25. The Balaban J connectivity index is 1.78. The Hall–Kier alpha value is -1.54. The maximum Gasteiger partial charge on any atom is 0.127 e. The van der Waals surface area contributed by atoms with Crippen LogP contribution in [0.3, 0.4) is 0 Å². The van der Waals surface area contributed by atoms with Crippen LogP contribution in [0.1, 0.15) is 32.1 Å². The lowest BCUT2D eigenvalue weighted by Gasteiger charge is -2.09. The number of ether oxygens (including phenoxy) is 1. The van der Waals surface area contributed by atoms with Crippen LogP contribution in [0, 0.1) is 0 Å². The van der Waals surface area contributed by atoms with Crippen molar-refractivity contribution in [2.24, 2.45) is 0 Å². The zero-order valence-electron chi connectivity index (χ0n) is 11.3. The lowest BCUT2D eigenvalue weighted by molar-refractivity contribution is 0.278. The number of aliphatic hydroxyl groups is 1. The molecule has 0 aliphatic carbocycles. The van der Waals surface area contributed by atoms with Gasteiger partial charge in [-0.05, 0) is 24.3 Å². The summed E-state index contributed by atoms with van der Waals surface area (Å²) >= 11 is 0. The van der Waals surface area contributed by atoms with E-state index in [0.29, 0.717) is 6.61 Å². The van der Waals surface area contributed by atoms with Gasteiger partial charge in [0.25, 0.3) is 0 Å². The average Bonchev–Trinajstić information content (AvgIpc) is 2.46. The minimum atomic E-state index is 0.312. The van der Waals surface area contributed by atoms with E-state index in [9.17, 15) is 0 Å². The molecule has 2 heteroatoms. The van der Waals surface area contributed by atoms with Gasteiger partial charge in [-0.2, -0.15) is 0 Å². The maximum atomic E-state index is 8.69. The van der Waals surface area contributed by atoms with Gasteiger partial charge in [-0.25, -0.2) is 0 Å². The smallest absolute Gasteiger partial charge is 0.127 e. The van der Waals surface area contributed by atoms with Crippen molar-refractivity contribution in [2.45, 2.75) is 32.1 Å². The molecule has 0 radical (unpaired) electrons. The Bertz CT molecular complexity index is 488. The molecule has 0 saturated carbocycles. The maximum absolute atomic E-state index is 8.69. The standard InChI is InChI=1S/C17H22O2/c18-13-6-2-1-3-7-14-19-17-12-8-10-15-9-4-5-11-16(15)17/h4-5,8-12,18H,1-3,6-7,13-14H2. The van der Waals surface area contributed by atoms with Gasteiger partial charge in [-0.3, -0.25) is 0 Å². The summed E-state index contributed by atoms with van der Waals surface area (Å²) < 4.78 is 5.88. The van der Waals surface area contributed by atoms with Crippen LogP contribution < -0.4 is 4.74 Å². The van der Waals surface area contributed by atoms with Gasteiger partial charge in [0.15, 0.2) is 0 Å². The van der Waals surface area contributed by atoms with Crippen LogP contribution in [0.2, 0.25) is 0 Å². The molecule has 0 atom stereocenters. The third-order valence-electron chi connectivity index (χ3n) is 3.31. The fraction of sp³-hybridized carbons (Fsp3) is 0.412. The van der Waals surface area contributed by atoms with Crippen molar-refractivity contribution in [3.8, 4) is 5.75 Å². The summed E-state index contributed by atoms with van der Waals surface area (Å²) in [6.45, 7) is 1.08. The van der Waals surface area contributed by atoms with Crippen molar-refractivity contribution < 1.29 is 9.84 Å². The van der Waals surface area contributed by atoms with Crippen molar-refractivity contribution in [1.82, 2.24) is 0 Å². The highest BCUT2D eigenvalue weighted by Crippen LogP contribution is 2.25. The Morgan fingerprint density at radius 1 is 0.789 bits per heavy atom. The molecule has 1 N–H and O–H groups in total. The molecule has 0 saturated heterocycles. The fourth-order valence-corrected chi connectivity index (χ4v) is 2.25. The van der Waals surface area contributed by atoms with E-state index in [-0.39, 0.29) is 0 Å². The van der Waals surface area contributed by atoms with Crippen molar-refractivity contribution in [1.29, 1.82) is 0 Å². The molecule has 102 valence electrons. The molecule has 0 heterocycles. The van der Waals surface area contributed by atoms with Gasteiger partial charge in [0.1, 0.15) is 5.75 Å². The van der Waals surface area contributed by atoms with E-state index < -0.39 is 0 Å². The molecule has 0 aliphatic rings. The van der Waals surface area contributed by atoms with E-state index in [1.54, 1.807) is 0 Å². The summed E-state index contributed by atoms with van der Waals surface area (Å²) in [6, 6.07) is 14.5. The second kappa shape index (κ2) is 7.80. The van der Waals surface area contributed by atoms with Crippen LogP contribution in [-0.4, -0.2) is 18.3 Å². The van der Waals surface area contributed by atoms with E-state index in [2.05, 4.69) is 18.2 Å². The average molecular weight is 258 g/mol. The highest BCUT2D eigenvalue weighted by molar-refractivity contribution is 5.88. The zero-order valence-corrected chi connectivity index (χ0v) is 11.3. The SMILES string of the molecule is OCCCCCCCOc1cccc2ccccc12. The van der Waals surface area contributed by atoms with Gasteiger partial charge in [0, 0.05) is 12.0 Å². The van der Waals surface area contributed by atoms with E-state index in [0.717, 1.165) is 31.6 Å². The quantitative estimate of drug-likeness (QED) is 0.720. The van der Waals surface area contributed by atoms with Gasteiger partial charge < -0.3 is 9.84 Å². The first-order valence-electron chi connectivity index (χ1n) is 7.13. The number of hydrogen-bond acceptors (Lipinski definition) is 2. The second-order valence-electron chi connectivity index (χ2n) is 4.82. The lowest BCUT2D eigenvalue weighted by Crippen LogP contribution is -1.98. The molecule has 2 nitrogen and oxygen atoms in total. The Morgan fingerprint density at radius 3 is 2.42 bits per heavy atom. The first-order chi connectivity index (χ1) is 9.42. The summed E-state index contributed by atoms with van der Waals surface area (Å²) in [5.41, 5.74) is 0. The summed E-state index contributed by atoms with van der Waals surface area (Å²) in [4.78, 5) is 0. The predicted molar refractivity (Wildman–Crippen MR) is 79.6 cm³/mol.